The third-order valence-corrected chi connectivity index (χ3v) is 2.81. The normalized spacial score (nSPS) is 12.9. The minimum absolute atomic E-state index is 0.270. The Morgan fingerprint density at radius 2 is 2.47 bits per heavy atom. The van der Waals surface area contributed by atoms with Crippen LogP contribution in [-0.4, -0.2) is 10.2 Å². The zero-order valence-corrected chi connectivity index (χ0v) is 10.5. The van der Waals surface area contributed by atoms with Gasteiger partial charge >= 0.3 is 0 Å². The van der Waals surface area contributed by atoms with Gasteiger partial charge in [-0.3, -0.25) is 5.10 Å². The molecular formula is C10H12IN3O. The Bertz CT molecular complexity index is 410. The van der Waals surface area contributed by atoms with E-state index in [0.29, 0.717) is 0 Å². The van der Waals surface area contributed by atoms with Crippen molar-refractivity contribution in [1.29, 1.82) is 0 Å². The van der Waals surface area contributed by atoms with Crippen LogP contribution in [0.1, 0.15) is 24.3 Å². The second-order valence-electron chi connectivity index (χ2n) is 3.34. The molecule has 1 unspecified atom stereocenters. The summed E-state index contributed by atoms with van der Waals surface area (Å²) in [4.78, 5) is 0. The first-order valence-corrected chi connectivity index (χ1v) is 5.80. The Balaban J connectivity index is 1.88. The molecule has 2 N–H and O–H groups in total. The Morgan fingerprint density at radius 3 is 3.07 bits per heavy atom. The fraction of sp³-hybridized carbons (Fsp3) is 0.300. The van der Waals surface area contributed by atoms with E-state index in [1.54, 1.807) is 0 Å². The molecule has 2 aromatic rings. The standard InChI is InChI=1S/C10H12IN3O/c1-7(8-4-13-14-5-8)12-6-9-2-3-10(11)15-9/h2-5,7,12H,6H2,1H3,(H,13,14). The lowest BCUT2D eigenvalue weighted by atomic mass is 10.2. The van der Waals surface area contributed by atoms with Crippen LogP contribution in [0.5, 0.6) is 0 Å². The van der Waals surface area contributed by atoms with Crippen LogP contribution in [0.15, 0.2) is 28.9 Å². The summed E-state index contributed by atoms with van der Waals surface area (Å²) in [6.45, 7) is 2.83. The van der Waals surface area contributed by atoms with Gasteiger partial charge in [0.1, 0.15) is 5.76 Å². The monoisotopic (exact) mass is 317 g/mol. The van der Waals surface area contributed by atoms with Gasteiger partial charge in [-0.1, -0.05) is 0 Å². The zero-order valence-electron chi connectivity index (χ0n) is 8.33. The fourth-order valence-corrected chi connectivity index (χ4v) is 1.78. The molecule has 0 aliphatic heterocycles. The van der Waals surface area contributed by atoms with E-state index in [0.717, 1.165) is 21.6 Å². The Morgan fingerprint density at radius 1 is 1.60 bits per heavy atom. The molecule has 0 radical (unpaired) electrons. The molecule has 1 atom stereocenters. The minimum Gasteiger partial charge on any atom is -0.454 e. The first-order valence-electron chi connectivity index (χ1n) is 4.72. The highest BCUT2D eigenvalue weighted by Crippen LogP contribution is 2.13. The van der Waals surface area contributed by atoms with Gasteiger partial charge in [-0.25, -0.2) is 0 Å². The van der Waals surface area contributed by atoms with Crippen molar-refractivity contribution < 1.29 is 4.42 Å². The van der Waals surface area contributed by atoms with E-state index in [1.165, 1.54) is 0 Å². The topological polar surface area (TPSA) is 53.9 Å². The van der Waals surface area contributed by atoms with Crippen LogP contribution in [0.4, 0.5) is 0 Å². The Labute approximate surface area is 102 Å². The third kappa shape index (κ3) is 2.82. The predicted molar refractivity (Wildman–Crippen MR) is 65.3 cm³/mol. The molecule has 2 heterocycles. The van der Waals surface area contributed by atoms with Gasteiger partial charge in [0.25, 0.3) is 0 Å². The molecule has 0 aliphatic carbocycles. The molecule has 4 nitrogen and oxygen atoms in total. The van der Waals surface area contributed by atoms with E-state index in [1.807, 2.05) is 24.5 Å². The number of aromatic nitrogens is 2. The van der Waals surface area contributed by atoms with Crippen LogP contribution in [0.25, 0.3) is 0 Å². The summed E-state index contributed by atoms with van der Waals surface area (Å²) in [6, 6.07) is 4.21. The van der Waals surface area contributed by atoms with E-state index in [2.05, 4.69) is 45.0 Å². The average Bonchev–Trinajstić information content (AvgIpc) is 2.84. The summed E-state index contributed by atoms with van der Waals surface area (Å²) in [5, 5.41) is 10.1. The molecule has 5 heteroatoms. The van der Waals surface area contributed by atoms with Gasteiger partial charge in [0, 0.05) is 17.8 Å². The summed E-state index contributed by atoms with van der Waals surface area (Å²) in [6.07, 6.45) is 3.72. The fourth-order valence-electron chi connectivity index (χ4n) is 1.32. The quantitative estimate of drug-likeness (QED) is 0.852. The largest absolute Gasteiger partial charge is 0.454 e. The number of hydrogen-bond donors (Lipinski definition) is 2. The summed E-state index contributed by atoms with van der Waals surface area (Å²) < 4.78 is 6.37. The van der Waals surface area contributed by atoms with E-state index >= 15 is 0 Å². The van der Waals surface area contributed by atoms with Crippen molar-refractivity contribution in [3.05, 3.63) is 39.6 Å². The highest BCUT2D eigenvalue weighted by molar-refractivity contribution is 14.1. The van der Waals surface area contributed by atoms with Crippen molar-refractivity contribution in [2.45, 2.75) is 19.5 Å². The van der Waals surface area contributed by atoms with Crippen LogP contribution in [0.2, 0.25) is 0 Å². The maximum absolute atomic E-state index is 5.45. The van der Waals surface area contributed by atoms with Crippen LogP contribution < -0.4 is 5.32 Å². The lowest BCUT2D eigenvalue weighted by Crippen LogP contribution is -2.17. The molecular weight excluding hydrogens is 305 g/mol. The maximum Gasteiger partial charge on any atom is 0.164 e. The van der Waals surface area contributed by atoms with Crippen molar-refractivity contribution in [3.8, 4) is 0 Å². The third-order valence-electron chi connectivity index (χ3n) is 2.23. The number of furan rings is 1. The van der Waals surface area contributed by atoms with Gasteiger partial charge in [-0.15, -0.1) is 0 Å². The van der Waals surface area contributed by atoms with Crippen molar-refractivity contribution in [1.82, 2.24) is 15.5 Å². The Kier molecular flexibility index (Phi) is 3.42. The van der Waals surface area contributed by atoms with E-state index < -0.39 is 0 Å². The molecule has 0 amide bonds. The smallest absolute Gasteiger partial charge is 0.164 e. The molecule has 80 valence electrons. The van der Waals surface area contributed by atoms with Crippen molar-refractivity contribution in [2.24, 2.45) is 0 Å². The van der Waals surface area contributed by atoms with Gasteiger partial charge < -0.3 is 9.73 Å². The average molecular weight is 317 g/mol. The molecule has 0 fully saturated rings. The molecule has 0 bridgehead atoms. The van der Waals surface area contributed by atoms with Gasteiger partial charge in [-0.2, -0.15) is 5.10 Å². The highest BCUT2D eigenvalue weighted by atomic mass is 127. The minimum atomic E-state index is 0.270. The Hall–Kier alpha value is -0.820. The van der Waals surface area contributed by atoms with E-state index in [4.69, 9.17) is 4.42 Å². The number of nitrogens with one attached hydrogen (secondary N) is 2. The summed E-state index contributed by atoms with van der Waals surface area (Å²) in [7, 11) is 0. The second kappa shape index (κ2) is 4.80. The van der Waals surface area contributed by atoms with Crippen molar-refractivity contribution in [2.75, 3.05) is 0 Å². The van der Waals surface area contributed by atoms with Gasteiger partial charge in [0.2, 0.25) is 0 Å². The van der Waals surface area contributed by atoms with Crippen molar-refractivity contribution in [3.63, 3.8) is 0 Å². The van der Waals surface area contributed by atoms with Gasteiger partial charge in [0.15, 0.2) is 3.77 Å². The summed E-state index contributed by atoms with van der Waals surface area (Å²) >= 11 is 2.16. The molecule has 0 saturated carbocycles. The highest BCUT2D eigenvalue weighted by Gasteiger charge is 2.06. The molecule has 0 saturated heterocycles. The second-order valence-corrected chi connectivity index (χ2v) is 4.40. The predicted octanol–water partition coefficient (Wildman–Crippen LogP) is 2.46. The molecule has 15 heavy (non-hydrogen) atoms. The number of rotatable bonds is 4. The lowest BCUT2D eigenvalue weighted by Gasteiger charge is -2.09. The zero-order chi connectivity index (χ0) is 10.7. The number of nitrogens with zero attached hydrogens (tertiary/aromatic N) is 1. The van der Waals surface area contributed by atoms with Crippen molar-refractivity contribution >= 4 is 22.6 Å². The first kappa shape index (κ1) is 10.7. The van der Waals surface area contributed by atoms with E-state index in [9.17, 15) is 0 Å². The van der Waals surface area contributed by atoms with Crippen LogP contribution in [0.3, 0.4) is 0 Å². The molecule has 0 aromatic carbocycles. The maximum atomic E-state index is 5.45. The van der Waals surface area contributed by atoms with E-state index in [-0.39, 0.29) is 6.04 Å². The van der Waals surface area contributed by atoms with Crippen LogP contribution in [0, 0.1) is 3.77 Å². The van der Waals surface area contributed by atoms with Gasteiger partial charge in [-0.05, 0) is 41.6 Å². The molecule has 2 rings (SSSR count). The first-order chi connectivity index (χ1) is 7.25. The van der Waals surface area contributed by atoms with Crippen LogP contribution >= 0.6 is 22.6 Å². The van der Waals surface area contributed by atoms with Gasteiger partial charge in [0.05, 0.1) is 12.7 Å². The lowest BCUT2D eigenvalue weighted by molar-refractivity contribution is 0.445. The number of halogens is 1. The number of aromatic amines is 1. The molecule has 2 aromatic heterocycles. The number of hydrogen-bond acceptors (Lipinski definition) is 3. The SMILES string of the molecule is CC(NCc1ccc(I)o1)c1cn[nH]c1. The summed E-state index contributed by atoms with van der Waals surface area (Å²) in [5.41, 5.74) is 1.15. The molecule has 0 aliphatic rings. The number of H-pyrrole nitrogens is 1. The molecule has 0 spiro atoms. The summed E-state index contributed by atoms with van der Waals surface area (Å²) in [5.74, 6) is 0.953. The van der Waals surface area contributed by atoms with Crippen LogP contribution in [-0.2, 0) is 6.54 Å².